The number of rotatable bonds is 15. The number of carbonyl (C=O) groups excluding carboxylic acids is 2. The average molecular weight is 1100 g/mol. The molecule has 3 fully saturated rings. The molecule has 414 valence electrons. The van der Waals surface area contributed by atoms with Crippen molar-refractivity contribution in [2.24, 2.45) is 10.8 Å². The lowest BCUT2D eigenvalue weighted by Gasteiger charge is -2.39. The molecule has 1 saturated carbocycles. The van der Waals surface area contributed by atoms with Gasteiger partial charge in [-0.05, 0) is 118 Å². The second kappa shape index (κ2) is 21.4. The Balaban J connectivity index is 0.695. The predicted molar refractivity (Wildman–Crippen MR) is 296 cm³/mol. The molecule has 7 aromatic rings. The predicted octanol–water partition coefficient (Wildman–Crippen LogP) is 8.31. The van der Waals surface area contributed by atoms with Crippen molar-refractivity contribution in [1.82, 2.24) is 60.2 Å². The molecule has 5 aliphatic rings. The lowest BCUT2D eigenvalue weighted by Crippen LogP contribution is -2.50. The summed E-state index contributed by atoms with van der Waals surface area (Å²) in [4.78, 5) is 56.1. The summed E-state index contributed by atoms with van der Waals surface area (Å²) >= 11 is 1.51. The summed E-state index contributed by atoms with van der Waals surface area (Å²) in [6.07, 6.45) is 18.2. The number of aliphatic hydroxyl groups excluding tert-OH is 1. The van der Waals surface area contributed by atoms with Crippen LogP contribution >= 0.6 is 11.3 Å². The van der Waals surface area contributed by atoms with Crippen LogP contribution in [0.1, 0.15) is 142 Å². The van der Waals surface area contributed by atoms with E-state index in [0.717, 1.165) is 128 Å². The number of hydrogen-bond acceptors (Lipinski definition) is 18. The van der Waals surface area contributed by atoms with E-state index in [9.17, 15) is 20.0 Å². The molecule has 6 aromatic heterocycles. The van der Waals surface area contributed by atoms with Crippen LogP contribution in [0.15, 0.2) is 84.3 Å². The summed E-state index contributed by atoms with van der Waals surface area (Å²) in [7, 11) is 0. The van der Waals surface area contributed by atoms with Crippen LogP contribution in [0.2, 0.25) is 0 Å². The van der Waals surface area contributed by atoms with E-state index < -0.39 is 29.0 Å². The lowest BCUT2D eigenvalue weighted by atomic mass is 9.63. The Labute approximate surface area is 468 Å². The van der Waals surface area contributed by atoms with Crippen LogP contribution in [0.3, 0.4) is 0 Å². The van der Waals surface area contributed by atoms with E-state index in [2.05, 4.69) is 46.7 Å². The van der Waals surface area contributed by atoms with E-state index in [1.807, 2.05) is 76.5 Å². The van der Waals surface area contributed by atoms with Gasteiger partial charge in [-0.2, -0.15) is 15.2 Å². The molecular formula is C59H66N14O6S. The van der Waals surface area contributed by atoms with Gasteiger partial charge < -0.3 is 40.0 Å². The molecular weight excluding hydrogens is 1030 g/mol. The molecule has 2 saturated heterocycles. The van der Waals surface area contributed by atoms with E-state index in [0.29, 0.717) is 40.3 Å². The van der Waals surface area contributed by atoms with Gasteiger partial charge in [0.1, 0.15) is 29.5 Å². The van der Waals surface area contributed by atoms with Gasteiger partial charge >= 0.3 is 0 Å². The maximum atomic E-state index is 14.7. The van der Waals surface area contributed by atoms with Crippen LogP contribution < -0.4 is 20.5 Å². The second-order valence-electron chi connectivity index (χ2n) is 23.6. The van der Waals surface area contributed by atoms with Gasteiger partial charge in [-0.3, -0.25) is 14.6 Å². The third-order valence-electron chi connectivity index (χ3n) is 17.0. The molecule has 21 heteroatoms. The highest BCUT2D eigenvalue weighted by atomic mass is 32.1. The summed E-state index contributed by atoms with van der Waals surface area (Å²) < 4.78 is 20.8. The number of thiophene rings is 1. The quantitative estimate of drug-likeness (QED) is 0.0871. The zero-order chi connectivity index (χ0) is 55.3. The Hall–Kier alpha value is -7.67. The fourth-order valence-electron chi connectivity index (χ4n) is 12.8. The number of anilines is 1. The van der Waals surface area contributed by atoms with Crippen molar-refractivity contribution in [3.8, 4) is 46.2 Å². The van der Waals surface area contributed by atoms with Crippen LogP contribution in [0, 0.1) is 22.2 Å². The van der Waals surface area contributed by atoms with Crippen molar-refractivity contribution < 1.29 is 28.7 Å². The van der Waals surface area contributed by atoms with E-state index in [4.69, 9.17) is 29.7 Å². The van der Waals surface area contributed by atoms with Crippen molar-refractivity contribution in [3.05, 3.63) is 118 Å². The number of hydrogen-bond donors (Lipinski definition) is 3. The third kappa shape index (κ3) is 10.4. The molecule has 12 rings (SSSR count). The number of aliphatic hydroxyl groups is 1. The first kappa shape index (κ1) is 53.0. The van der Waals surface area contributed by atoms with E-state index in [-0.39, 0.29) is 48.0 Å². The van der Waals surface area contributed by atoms with Crippen molar-refractivity contribution in [2.45, 2.75) is 134 Å². The lowest BCUT2D eigenvalue weighted by molar-refractivity contribution is -0.144. The van der Waals surface area contributed by atoms with Gasteiger partial charge in [0.05, 0.1) is 53.9 Å². The van der Waals surface area contributed by atoms with Gasteiger partial charge in [-0.15, -0.1) is 16.4 Å². The molecule has 0 bridgehead atoms. The molecule has 2 amide bonds. The number of nitrogens with zero attached hydrogens (tertiary/aromatic N) is 12. The van der Waals surface area contributed by atoms with Gasteiger partial charge in [0.25, 0.3) is 0 Å². The first-order chi connectivity index (χ1) is 38.7. The van der Waals surface area contributed by atoms with Gasteiger partial charge in [0.15, 0.2) is 23.0 Å². The number of amides is 2. The Kier molecular flexibility index (Phi) is 14.2. The van der Waals surface area contributed by atoms with Crippen LogP contribution in [0.5, 0.6) is 17.5 Å². The standard InChI is InChI=1S/C59H66N14O6S/c1-35(36-11-13-37(14-12-36)39-8-7-21-62-27-39)65-55(75)45-24-40(74)30-72(45)56(76)51(57(2,3)4)73-31-44(68-70-73)38-15-22-71(23-16-38)32-58(19-20-58)33-77-47-25-48(78-41-28-63-34-64-29-41)67-54(66-47)50-42-9-5-17-59(52(42)79-69-50)18-6-10-46-49(59)43(26-60)53(61)80-46/h7-8,11-14,21,25,27-29,31,34-35,38,40,45,51,74H,5-6,9-10,15-20,22-24,30,32-33,61H2,1-4H3,(H,65,75)/t35-,40+,45-,51+,59-/m0/s1. The number of nitrogens with two attached hydrogens (primary N) is 1. The largest absolute Gasteiger partial charge is 0.477 e. The molecule has 0 radical (unpaired) electrons. The highest BCUT2D eigenvalue weighted by molar-refractivity contribution is 7.16. The zero-order valence-electron chi connectivity index (χ0n) is 45.5. The minimum Gasteiger partial charge on any atom is -0.477 e. The summed E-state index contributed by atoms with van der Waals surface area (Å²) in [6, 6.07) is 14.0. The molecule has 0 unspecified atom stereocenters. The monoisotopic (exact) mass is 1100 g/mol. The number of piperidine rings is 1. The average Bonchev–Trinajstić information content (AvgIpc) is 3.93. The number of benzene rings is 1. The Morgan fingerprint density at radius 3 is 2.49 bits per heavy atom. The first-order valence-electron chi connectivity index (χ1n) is 27.9. The van der Waals surface area contributed by atoms with Gasteiger partial charge in [-0.25, -0.2) is 14.6 Å². The topological polar surface area (TPSA) is 262 Å². The molecule has 20 nitrogen and oxygen atoms in total. The number of nitriles is 1. The maximum absolute atomic E-state index is 14.7. The molecule has 8 heterocycles. The zero-order valence-corrected chi connectivity index (χ0v) is 46.4. The number of likely N-dealkylation sites (tertiary alicyclic amines) is 2. The SMILES string of the molecule is C[C@H](NC(=O)[C@@H]1C[C@@H](O)CN1C(=O)[C@@H](n1cc(C2CCN(CC3(COc4cc(Oc5cncnc5)nc(-c5noc6c5CCC[C@@]65CCCc6sc(N)c(C#N)c65)n4)CC3)CC2)nn1)C(C)(C)C)c1ccc(-c2cccnc2)cc1. The smallest absolute Gasteiger partial charge is 0.248 e. The number of aromatic nitrogens is 9. The van der Waals surface area contributed by atoms with Crippen molar-refractivity contribution in [3.63, 3.8) is 0 Å². The number of β-amino-alcohol motifs (C(OH)–C–C–N with tert-alkyl or cyclic N) is 1. The van der Waals surface area contributed by atoms with Gasteiger partial charge in [0.2, 0.25) is 23.6 Å². The van der Waals surface area contributed by atoms with E-state index in [1.54, 1.807) is 29.3 Å². The van der Waals surface area contributed by atoms with Crippen molar-refractivity contribution in [1.29, 1.82) is 5.26 Å². The van der Waals surface area contributed by atoms with E-state index >= 15 is 0 Å². The van der Waals surface area contributed by atoms with Crippen molar-refractivity contribution >= 4 is 28.2 Å². The third-order valence-corrected chi connectivity index (χ3v) is 18.1. The summed E-state index contributed by atoms with van der Waals surface area (Å²) in [5.74, 6) is 1.68. The fraction of sp³-hybridized carbons (Fsp3) is 0.475. The van der Waals surface area contributed by atoms with E-state index in [1.165, 1.54) is 22.6 Å². The molecule has 3 aliphatic carbocycles. The van der Waals surface area contributed by atoms with Gasteiger partial charge in [0, 0.05) is 59.9 Å². The number of nitrogen functional groups attached to an aromatic ring is 1. The van der Waals surface area contributed by atoms with Crippen LogP contribution in [-0.4, -0.2) is 117 Å². The number of aryl methyl sites for hydroxylation is 1. The summed E-state index contributed by atoms with van der Waals surface area (Å²) in [5, 5.41) is 38.7. The van der Waals surface area contributed by atoms with Crippen molar-refractivity contribution in [2.75, 3.05) is 38.5 Å². The van der Waals surface area contributed by atoms with Crippen LogP contribution in [0.25, 0.3) is 22.6 Å². The minimum atomic E-state index is -0.843. The number of carbonyl (C=O) groups is 2. The highest BCUT2D eigenvalue weighted by Gasteiger charge is 2.50. The normalized spacial score (nSPS) is 21.5. The Morgan fingerprint density at radius 1 is 1.00 bits per heavy atom. The second-order valence-corrected chi connectivity index (χ2v) is 24.8. The summed E-state index contributed by atoms with van der Waals surface area (Å²) in [6.45, 7) is 11.0. The molecule has 4 N–H and O–H groups in total. The van der Waals surface area contributed by atoms with Crippen LogP contribution in [0.4, 0.5) is 5.00 Å². The summed E-state index contributed by atoms with van der Waals surface area (Å²) in [5.41, 5.74) is 12.1. The highest BCUT2D eigenvalue weighted by Crippen LogP contribution is 2.55. The van der Waals surface area contributed by atoms with Crippen LogP contribution in [-0.2, 0) is 27.8 Å². The molecule has 1 spiro atoms. The Bertz CT molecular complexity index is 3430. The molecule has 80 heavy (non-hydrogen) atoms. The maximum Gasteiger partial charge on any atom is 0.248 e. The Morgan fingerprint density at radius 2 is 1.76 bits per heavy atom. The number of nitrogens with one attached hydrogen (secondary N) is 1. The molecule has 5 atom stereocenters. The first-order valence-corrected chi connectivity index (χ1v) is 28.7. The molecule has 1 aromatic carbocycles. The minimum absolute atomic E-state index is 0.0506. The number of ether oxygens (including phenoxy) is 2. The fourth-order valence-corrected chi connectivity index (χ4v) is 13.9. The number of pyridine rings is 1. The molecule has 2 aliphatic heterocycles. The number of fused-ring (bicyclic) bond motifs is 4. The van der Waals surface area contributed by atoms with Gasteiger partial charge in [-0.1, -0.05) is 61.5 Å².